The van der Waals surface area contributed by atoms with Crippen LogP contribution in [0.5, 0.6) is 0 Å². The zero-order valence-electron chi connectivity index (χ0n) is 11.7. The molecule has 0 radical (unpaired) electrons. The number of rotatable bonds is 6. The number of ether oxygens (including phenoxy) is 1. The first-order chi connectivity index (χ1) is 9.31. The zero-order chi connectivity index (χ0) is 15.3. The Morgan fingerprint density at radius 2 is 2.05 bits per heavy atom. The molecule has 0 aromatic heterocycles. The summed E-state index contributed by atoms with van der Waals surface area (Å²) in [5.41, 5.74) is 0.153. The molecule has 1 aromatic rings. The Morgan fingerprint density at radius 1 is 1.40 bits per heavy atom. The molecule has 0 spiro atoms. The predicted octanol–water partition coefficient (Wildman–Crippen LogP) is 0.768. The maximum Gasteiger partial charge on any atom is 0.337 e. The first-order valence-corrected chi connectivity index (χ1v) is 7.61. The van der Waals surface area contributed by atoms with Gasteiger partial charge in [-0.1, -0.05) is 19.9 Å². The average molecular weight is 301 g/mol. The summed E-state index contributed by atoms with van der Waals surface area (Å²) in [6.07, 6.45) is 0. The van der Waals surface area contributed by atoms with Crippen molar-refractivity contribution in [2.45, 2.75) is 24.8 Å². The lowest BCUT2D eigenvalue weighted by Gasteiger charge is -2.19. The van der Waals surface area contributed by atoms with Crippen LogP contribution in [0.25, 0.3) is 0 Å². The number of esters is 1. The Bertz CT molecular complexity index is 568. The van der Waals surface area contributed by atoms with Gasteiger partial charge in [0.25, 0.3) is 0 Å². The van der Waals surface area contributed by atoms with E-state index >= 15 is 0 Å². The standard InChI is InChI=1S/C13H19NO5S/c1-9(2)12(8-15)14-20(17,18)11-6-4-5-10(7-11)13(16)19-3/h4-7,9,12,14-15H,8H2,1-3H3. The van der Waals surface area contributed by atoms with Crippen molar-refractivity contribution in [1.82, 2.24) is 4.72 Å². The van der Waals surface area contributed by atoms with Gasteiger partial charge in [-0.3, -0.25) is 0 Å². The molecule has 2 N–H and O–H groups in total. The fraction of sp³-hybridized carbons (Fsp3) is 0.462. The van der Waals surface area contributed by atoms with Crippen LogP contribution in [0, 0.1) is 5.92 Å². The van der Waals surface area contributed by atoms with Crippen molar-refractivity contribution in [3.63, 3.8) is 0 Å². The van der Waals surface area contributed by atoms with Crippen molar-refractivity contribution >= 4 is 16.0 Å². The number of carbonyl (C=O) groups is 1. The van der Waals surface area contributed by atoms with Crippen molar-refractivity contribution < 1.29 is 23.1 Å². The van der Waals surface area contributed by atoms with E-state index in [1.807, 2.05) is 0 Å². The van der Waals surface area contributed by atoms with Crippen LogP contribution in [0.15, 0.2) is 29.2 Å². The molecule has 0 fully saturated rings. The van der Waals surface area contributed by atoms with Gasteiger partial charge in [-0.2, -0.15) is 0 Å². The van der Waals surface area contributed by atoms with E-state index in [1.165, 1.54) is 31.4 Å². The molecule has 0 aliphatic rings. The third-order valence-corrected chi connectivity index (χ3v) is 4.36. The van der Waals surface area contributed by atoms with Crippen LogP contribution in [0.1, 0.15) is 24.2 Å². The third kappa shape index (κ3) is 4.03. The molecule has 1 atom stereocenters. The largest absolute Gasteiger partial charge is 0.465 e. The van der Waals surface area contributed by atoms with E-state index in [2.05, 4.69) is 9.46 Å². The van der Waals surface area contributed by atoms with Crippen molar-refractivity contribution in [2.24, 2.45) is 5.92 Å². The van der Waals surface area contributed by atoms with E-state index < -0.39 is 22.0 Å². The molecule has 6 nitrogen and oxygen atoms in total. The van der Waals surface area contributed by atoms with Crippen LogP contribution >= 0.6 is 0 Å². The van der Waals surface area contributed by atoms with Crippen LogP contribution in [-0.2, 0) is 14.8 Å². The Kier molecular flexibility index (Phi) is 5.67. The van der Waals surface area contributed by atoms with Crippen molar-refractivity contribution in [3.8, 4) is 0 Å². The number of sulfonamides is 1. The number of aliphatic hydroxyl groups excluding tert-OH is 1. The molecular formula is C13H19NO5S. The summed E-state index contributed by atoms with van der Waals surface area (Å²) in [5, 5.41) is 9.19. The Morgan fingerprint density at radius 3 is 2.55 bits per heavy atom. The lowest BCUT2D eigenvalue weighted by Crippen LogP contribution is -2.41. The third-order valence-electron chi connectivity index (χ3n) is 2.87. The first kappa shape index (κ1) is 16.6. The second-order valence-corrected chi connectivity index (χ2v) is 6.39. The van der Waals surface area contributed by atoms with Gasteiger partial charge < -0.3 is 9.84 Å². The quantitative estimate of drug-likeness (QED) is 0.757. The summed E-state index contributed by atoms with van der Waals surface area (Å²) >= 11 is 0. The molecular weight excluding hydrogens is 282 g/mol. The number of methoxy groups -OCH3 is 1. The summed E-state index contributed by atoms with van der Waals surface area (Å²) < 4.78 is 31.4. The maximum absolute atomic E-state index is 12.2. The van der Waals surface area contributed by atoms with Gasteiger partial charge in [0.2, 0.25) is 10.0 Å². The van der Waals surface area contributed by atoms with Crippen LogP contribution in [-0.4, -0.2) is 39.3 Å². The van der Waals surface area contributed by atoms with E-state index in [9.17, 15) is 18.3 Å². The fourth-order valence-corrected chi connectivity index (χ4v) is 2.98. The van der Waals surface area contributed by atoms with Gasteiger partial charge in [0, 0.05) is 6.04 Å². The van der Waals surface area contributed by atoms with Crippen molar-refractivity contribution in [1.29, 1.82) is 0 Å². The molecule has 7 heteroatoms. The highest BCUT2D eigenvalue weighted by Crippen LogP contribution is 2.14. The Hall–Kier alpha value is -1.44. The van der Waals surface area contributed by atoms with E-state index in [1.54, 1.807) is 13.8 Å². The minimum atomic E-state index is -3.80. The van der Waals surface area contributed by atoms with E-state index in [4.69, 9.17) is 0 Å². The van der Waals surface area contributed by atoms with Crippen molar-refractivity contribution in [2.75, 3.05) is 13.7 Å². The summed E-state index contributed by atoms with van der Waals surface area (Å²) in [6, 6.07) is 4.97. The van der Waals surface area contributed by atoms with Crippen molar-refractivity contribution in [3.05, 3.63) is 29.8 Å². The average Bonchev–Trinajstić information content (AvgIpc) is 2.43. The molecule has 1 unspecified atom stereocenters. The highest BCUT2D eigenvalue weighted by atomic mass is 32.2. The molecule has 0 saturated heterocycles. The van der Waals surface area contributed by atoms with Crippen LogP contribution in [0.3, 0.4) is 0 Å². The monoisotopic (exact) mass is 301 g/mol. The van der Waals surface area contributed by atoms with Gasteiger partial charge in [0.05, 0.1) is 24.2 Å². The number of aliphatic hydroxyl groups is 1. The molecule has 0 amide bonds. The molecule has 112 valence electrons. The zero-order valence-corrected chi connectivity index (χ0v) is 12.5. The molecule has 1 rings (SSSR count). The smallest absolute Gasteiger partial charge is 0.337 e. The fourth-order valence-electron chi connectivity index (χ4n) is 1.56. The number of hydrogen-bond donors (Lipinski definition) is 2. The van der Waals surface area contributed by atoms with Crippen LogP contribution < -0.4 is 4.72 Å². The van der Waals surface area contributed by atoms with Gasteiger partial charge in [0.1, 0.15) is 0 Å². The summed E-state index contributed by atoms with van der Waals surface area (Å²) in [7, 11) is -2.57. The van der Waals surface area contributed by atoms with Gasteiger partial charge in [0.15, 0.2) is 0 Å². The highest BCUT2D eigenvalue weighted by Gasteiger charge is 2.22. The Balaban J connectivity index is 3.07. The van der Waals surface area contributed by atoms with Crippen LogP contribution in [0.4, 0.5) is 0 Å². The van der Waals surface area contributed by atoms with E-state index in [-0.39, 0.29) is 23.0 Å². The lowest BCUT2D eigenvalue weighted by atomic mass is 10.1. The number of benzene rings is 1. The normalized spacial score (nSPS) is 13.2. The van der Waals surface area contributed by atoms with Gasteiger partial charge in [-0.15, -0.1) is 0 Å². The topological polar surface area (TPSA) is 92.7 Å². The molecule has 0 bridgehead atoms. The summed E-state index contributed by atoms with van der Waals surface area (Å²) in [6.45, 7) is 3.30. The number of hydrogen-bond acceptors (Lipinski definition) is 5. The molecule has 0 aliphatic heterocycles. The molecule has 1 aromatic carbocycles. The van der Waals surface area contributed by atoms with Gasteiger partial charge in [-0.05, 0) is 24.1 Å². The van der Waals surface area contributed by atoms with Crippen LogP contribution in [0.2, 0.25) is 0 Å². The molecule has 0 heterocycles. The predicted molar refractivity (Wildman–Crippen MR) is 73.8 cm³/mol. The summed E-state index contributed by atoms with van der Waals surface area (Å²) in [4.78, 5) is 11.4. The number of carbonyl (C=O) groups excluding carboxylic acids is 1. The maximum atomic E-state index is 12.2. The lowest BCUT2D eigenvalue weighted by molar-refractivity contribution is 0.0600. The first-order valence-electron chi connectivity index (χ1n) is 6.13. The Labute approximate surface area is 118 Å². The van der Waals surface area contributed by atoms with Gasteiger partial charge in [-0.25, -0.2) is 17.9 Å². The van der Waals surface area contributed by atoms with E-state index in [0.717, 1.165) is 0 Å². The van der Waals surface area contributed by atoms with Gasteiger partial charge >= 0.3 is 5.97 Å². The highest BCUT2D eigenvalue weighted by molar-refractivity contribution is 7.89. The second-order valence-electron chi connectivity index (χ2n) is 4.67. The SMILES string of the molecule is COC(=O)c1cccc(S(=O)(=O)NC(CO)C(C)C)c1. The summed E-state index contributed by atoms with van der Waals surface area (Å²) in [5.74, 6) is -0.664. The molecule has 0 aliphatic carbocycles. The molecule has 20 heavy (non-hydrogen) atoms. The van der Waals surface area contributed by atoms with E-state index in [0.29, 0.717) is 0 Å². The number of nitrogens with one attached hydrogen (secondary N) is 1. The minimum absolute atomic E-state index is 0.0421. The molecule has 0 saturated carbocycles. The minimum Gasteiger partial charge on any atom is -0.465 e. The second kappa shape index (κ2) is 6.83.